The zero-order valence-corrected chi connectivity index (χ0v) is 12.9. The number of aliphatic hydroxyl groups is 1. The lowest BCUT2D eigenvalue weighted by atomic mass is 9.95. The maximum absolute atomic E-state index is 12.8. The molecule has 0 radical (unpaired) electrons. The van der Waals surface area contributed by atoms with Gasteiger partial charge in [0, 0.05) is 18.7 Å². The molecule has 2 rings (SSSR count). The molecule has 1 aliphatic carbocycles. The molecule has 114 valence electrons. The van der Waals surface area contributed by atoms with E-state index in [2.05, 4.69) is 0 Å². The van der Waals surface area contributed by atoms with E-state index in [0.717, 1.165) is 25.7 Å². The minimum atomic E-state index is -3.54. The van der Waals surface area contributed by atoms with Gasteiger partial charge in [-0.2, -0.15) is 4.31 Å². The molecule has 0 aromatic carbocycles. The maximum atomic E-state index is 12.8. The third-order valence-corrected chi connectivity index (χ3v) is 6.09. The normalized spacial score (nSPS) is 17.8. The maximum Gasteiger partial charge on any atom is 0.246 e. The van der Waals surface area contributed by atoms with Crippen LogP contribution in [0.5, 0.6) is 0 Å². The van der Waals surface area contributed by atoms with Crippen molar-refractivity contribution >= 4 is 10.0 Å². The average Bonchev–Trinajstić information content (AvgIpc) is 2.82. The summed E-state index contributed by atoms with van der Waals surface area (Å²) in [5.74, 6) is 0.643. The van der Waals surface area contributed by atoms with Crippen molar-refractivity contribution in [3.8, 4) is 0 Å². The first kappa shape index (κ1) is 15.5. The number of sulfonamides is 1. The Hall–Kier alpha value is -0.850. The van der Waals surface area contributed by atoms with Gasteiger partial charge in [-0.1, -0.05) is 26.2 Å². The molecular formula is C14H23NO4S. The molecule has 1 fully saturated rings. The van der Waals surface area contributed by atoms with Crippen LogP contribution in [-0.2, 0) is 16.6 Å². The van der Waals surface area contributed by atoms with Crippen molar-refractivity contribution in [2.24, 2.45) is 0 Å². The fraction of sp³-hybridized carbons (Fsp3) is 0.714. The molecule has 0 bridgehead atoms. The highest BCUT2D eigenvalue weighted by atomic mass is 32.2. The summed E-state index contributed by atoms with van der Waals surface area (Å²) in [5.41, 5.74) is 0. The minimum absolute atomic E-state index is 0.0885. The second-order valence-corrected chi connectivity index (χ2v) is 7.15. The van der Waals surface area contributed by atoms with Gasteiger partial charge in [0.1, 0.15) is 23.0 Å². The molecule has 0 amide bonds. The molecule has 1 N–H and O–H groups in total. The first-order valence-corrected chi connectivity index (χ1v) is 8.66. The molecule has 1 aliphatic rings. The van der Waals surface area contributed by atoms with E-state index in [0.29, 0.717) is 18.1 Å². The van der Waals surface area contributed by atoms with Crippen molar-refractivity contribution in [3.63, 3.8) is 0 Å². The highest BCUT2D eigenvalue weighted by molar-refractivity contribution is 7.89. The van der Waals surface area contributed by atoms with Gasteiger partial charge in [-0.25, -0.2) is 8.42 Å². The lowest BCUT2D eigenvalue weighted by Crippen LogP contribution is -2.41. The van der Waals surface area contributed by atoms with Gasteiger partial charge < -0.3 is 9.52 Å². The number of rotatable bonds is 5. The van der Waals surface area contributed by atoms with E-state index in [-0.39, 0.29) is 17.5 Å². The molecule has 20 heavy (non-hydrogen) atoms. The number of furan rings is 1. The van der Waals surface area contributed by atoms with Crippen molar-refractivity contribution in [1.82, 2.24) is 4.31 Å². The number of aliphatic hydroxyl groups excluding tert-OH is 1. The largest absolute Gasteiger partial charge is 0.462 e. The third kappa shape index (κ3) is 2.92. The molecular weight excluding hydrogens is 278 g/mol. The van der Waals surface area contributed by atoms with Crippen molar-refractivity contribution in [2.75, 3.05) is 6.54 Å². The van der Waals surface area contributed by atoms with E-state index in [1.54, 1.807) is 11.2 Å². The van der Waals surface area contributed by atoms with Gasteiger partial charge in [-0.3, -0.25) is 0 Å². The molecule has 6 heteroatoms. The Labute approximate surface area is 120 Å². The Bertz CT molecular complexity index is 544. The zero-order valence-electron chi connectivity index (χ0n) is 12.1. The summed E-state index contributed by atoms with van der Waals surface area (Å²) in [6, 6.07) is 1.53. The first-order valence-electron chi connectivity index (χ1n) is 7.22. The van der Waals surface area contributed by atoms with E-state index < -0.39 is 10.0 Å². The molecule has 1 saturated carbocycles. The zero-order chi connectivity index (χ0) is 14.8. The fourth-order valence-electron chi connectivity index (χ4n) is 2.98. The van der Waals surface area contributed by atoms with Crippen LogP contribution < -0.4 is 0 Å². The van der Waals surface area contributed by atoms with Crippen LogP contribution in [-0.4, -0.2) is 30.4 Å². The van der Waals surface area contributed by atoms with Crippen LogP contribution in [0.25, 0.3) is 0 Å². The lowest BCUT2D eigenvalue weighted by molar-refractivity contribution is 0.244. The van der Waals surface area contributed by atoms with E-state index in [1.807, 2.05) is 6.92 Å². The van der Waals surface area contributed by atoms with Crippen LogP contribution in [0.15, 0.2) is 15.4 Å². The van der Waals surface area contributed by atoms with Crippen molar-refractivity contribution in [1.29, 1.82) is 0 Å². The Morgan fingerprint density at radius 2 is 2.00 bits per heavy atom. The average molecular weight is 301 g/mol. The summed E-state index contributed by atoms with van der Waals surface area (Å²) in [5, 5.41) is 9.08. The van der Waals surface area contributed by atoms with Gasteiger partial charge in [0.2, 0.25) is 10.0 Å². The Morgan fingerprint density at radius 1 is 1.35 bits per heavy atom. The van der Waals surface area contributed by atoms with Crippen LogP contribution in [0.2, 0.25) is 0 Å². The summed E-state index contributed by atoms with van der Waals surface area (Å²) in [6.45, 7) is 3.67. The number of hydrogen-bond acceptors (Lipinski definition) is 4. The van der Waals surface area contributed by atoms with Crippen LogP contribution in [0.4, 0.5) is 0 Å². The Kier molecular flexibility index (Phi) is 4.88. The highest BCUT2D eigenvalue weighted by Crippen LogP contribution is 2.30. The second-order valence-electron chi connectivity index (χ2n) is 5.29. The predicted molar refractivity (Wildman–Crippen MR) is 75.8 cm³/mol. The molecule has 1 heterocycles. The smallest absolute Gasteiger partial charge is 0.246 e. The van der Waals surface area contributed by atoms with E-state index in [9.17, 15) is 8.42 Å². The van der Waals surface area contributed by atoms with Crippen LogP contribution in [0, 0.1) is 6.92 Å². The Morgan fingerprint density at radius 3 is 2.50 bits per heavy atom. The first-order chi connectivity index (χ1) is 9.50. The molecule has 1 aromatic rings. The molecule has 0 spiro atoms. The molecule has 0 unspecified atom stereocenters. The van der Waals surface area contributed by atoms with Crippen molar-refractivity contribution < 1.29 is 17.9 Å². The minimum Gasteiger partial charge on any atom is -0.462 e. The van der Waals surface area contributed by atoms with E-state index >= 15 is 0 Å². The summed E-state index contributed by atoms with van der Waals surface area (Å²) in [4.78, 5) is 0.189. The monoisotopic (exact) mass is 301 g/mol. The van der Waals surface area contributed by atoms with Gasteiger partial charge in [0.05, 0.1) is 0 Å². The number of hydrogen-bond donors (Lipinski definition) is 1. The van der Waals surface area contributed by atoms with Crippen LogP contribution in [0.1, 0.15) is 50.5 Å². The second kappa shape index (κ2) is 6.28. The summed E-state index contributed by atoms with van der Waals surface area (Å²) >= 11 is 0. The highest BCUT2D eigenvalue weighted by Gasteiger charge is 2.33. The molecule has 0 atom stereocenters. The van der Waals surface area contributed by atoms with E-state index in [1.165, 1.54) is 12.5 Å². The fourth-order valence-corrected chi connectivity index (χ4v) is 4.86. The summed E-state index contributed by atoms with van der Waals surface area (Å²) in [7, 11) is -3.54. The quantitative estimate of drug-likeness (QED) is 0.906. The van der Waals surface area contributed by atoms with Gasteiger partial charge in [0.15, 0.2) is 0 Å². The SMILES string of the molecule is CCN(C1CCCCC1)S(=O)(=O)c1cc(CO)oc1C. The molecule has 0 aliphatic heterocycles. The van der Waals surface area contributed by atoms with Gasteiger partial charge >= 0.3 is 0 Å². The third-order valence-electron chi connectivity index (χ3n) is 3.96. The molecule has 0 saturated heterocycles. The number of aryl methyl sites for hydroxylation is 1. The van der Waals surface area contributed by atoms with Gasteiger partial charge in [-0.05, 0) is 19.8 Å². The molecule has 1 aromatic heterocycles. The van der Waals surface area contributed by atoms with Crippen LogP contribution in [0.3, 0.4) is 0 Å². The summed E-state index contributed by atoms with van der Waals surface area (Å²) in [6.07, 6.45) is 5.22. The van der Waals surface area contributed by atoms with Crippen molar-refractivity contribution in [2.45, 2.75) is 63.5 Å². The van der Waals surface area contributed by atoms with Crippen LogP contribution >= 0.6 is 0 Å². The predicted octanol–water partition coefficient (Wildman–Crippen LogP) is 2.42. The van der Waals surface area contributed by atoms with Gasteiger partial charge in [0.25, 0.3) is 0 Å². The number of nitrogens with zero attached hydrogens (tertiary/aromatic N) is 1. The molecule has 5 nitrogen and oxygen atoms in total. The van der Waals surface area contributed by atoms with Crippen molar-refractivity contribution in [3.05, 3.63) is 17.6 Å². The topological polar surface area (TPSA) is 70.8 Å². The summed E-state index contributed by atoms with van der Waals surface area (Å²) < 4.78 is 32.5. The van der Waals surface area contributed by atoms with Gasteiger partial charge in [-0.15, -0.1) is 0 Å². The Balaban J connectivity index is 2.32. The van der Waals surface area contributed by atoms with E-state index in [4.69, 9.17) is 9.52 Å². The standard InChI is InChI=1S/C14H23NO4S/c1-3-15(12-7-5-4-6-8-12)20(17,18)14-9-13(10-16)19-11(14)2/h9,12,16H,3-8,10H2,1-2H3. The lowest BCUT2D eigenvalue weighted by Gasteiger charge is -2.32.